The second kappa shape index (κ2) is 5.18. The lowest BCUT2D eigenvalue weighted by molar-refractivity contribution is -0.139. The molecule has 92 valence electrons. The molecule has 6 heteroatoms. The Morgan fingerprint density at radius 2 is 2.18 bits per heavy atom. The van der Waals surface area contributed by atoms with Crippen LogP contribution in [0.25, 0.3) is 0 Å². The zero-order valence-corrected chi connectivity index (χ0v) is 10.4. The van der Waals surface area contributed by atoms with Crippen LogP contribution in [0.5, 0.6) is 0 Å². The monoisotopic (exact) mass is 254 g/mol. The molecule has 1 atom stereocenters. The number of thiol groups is 1. The molecular weight excluding hydrogens is 240 g/mol. The van der Waals surface area contributed by atoms with Crippen LogP contribution in [-0.2, 0) is 4.79 Å². The highest BCUT2D eigenvalue weighted by atomic mass is 32.1. The molecule has 5 nitrogen and oxygen atoms in total. The molecule has 1 aromatic rings. The number of carbonyl (C=O) groups excluding carboxylic acids is 1. The average molecular weight is 254 g/mol. The Kier molecular flexibility index (Phi) is 4.11. The van der Waals surface area contributed by atoms with Crippen LogP contribution < -0.4 is 5.32 Å². The number of carboxylic acid groups (broad SMARTS) is 1. The third kappa shape index (κ3) is 3.74. The molecule has 1 rings (SSSR count). The summed E-state index contributed by atoms with van der Waals surface area (Å²) in [4.78, 5) is 26.6. The van der Waals surface area contributed by atoms with Gasteiger partial charge in [-0.05, 0) is 26.0 Å². The maximum absolute atomic E-state index is 11.8. The van der Waals surface area contributed by atoms with E-state index < -0.39 is 22.7 Å². The number of carbonyl (C=O) groups is 2. The molecule has 1 amide bonds. The minimum Gasteiger partial charge on any atom is -0.480 e. The second-order valence-electron chi connectivity index (χ2n) is 4.14. The van der Waals surface area contributed by atoms with Crippen LogP contribution in [0.4, 0.5) is 0 Å². The zero-order valence-electron chi connectivity index (χ0n) is 9.54. The number of pyridine rings is 1. The average Bonchev–Trinajstić information content (AvgIpc) is 2.24. The standard InChI is InChI=1S/C11H14N2O3S/c1-11(2,17)8(10(15)16)13-9(14)7-4-3-5-12-6-7/h3-6,8,17H,1-2H3,(H,13,14)(H,15,16). The van der Waals surface area contributed by atoms with Crippen molar-refractivity contribution in [2.75, 3.05) is 0 Å². The third-order valence-electron chi connectivity index (χ3n) is 2.15. The Labute approximate surface area is 105 Å². The number of carboxylic acids is 1. The minimum absolute atomic E-state index is 0.316. The van der Waals surface area contributed by atoms with E-state index in [-0.39, 0.29) is 0 Å². The third-order valence-corrected chi connectivity index (χ3v) is 2.41. The highest BCUT2D eigenvalue weighted by molar-refractivity contribution is 7.81. The van der Waals surface area contributed by atoms with Gasteiger partial charge < -0.3 is 10.4 Å². The van der Waals surface area contributed by atoms with E-state index in [1.54, 1.807) is 26.0 Å². The normalized spacial score (nSPS) is 12.9. The van der Waals surface area contributed by atoms with Gasteiger partial charge in [0, 0.05) is 17.1 Å². The van der Waals surface area contributed by atoms with Crippen molar-refractivity contribution in [3.05, 3.63) is 30.1 Å². The molecular formula is C11H14N2O3S. The van der Waals surface area contributed by atoms with Gasteiger partial charge in [0.2, 0.25) is 0 Å². The van der Waals surface area contributed by atoms with Gasteiger partial charge in [0.25, 0.3) is 5.91 Å². The fraction of sp³-hybridized carbons (Fsp3) is 0.364. The maximum atomic E-state index is 11.8. The fourth-order valence-electron chi connectivity index (χ4n) is 1.25. The molecule has 1 heterocycles. The Hall–Kier alpha value is -1.56. The first-order valence-corrected chi connectivity index (χ1v) is 5.43. The van der Waals surface area contributed by atoms with Crippen molar-refractivity contribution >= 4 is 24.5 Å². The second-order valence-corrected chi connectivity index (χ2v) is 5.29. The molecule has 0 spiro atoms. The van der Waals surface area contributed by atoms with E-state index in [9.17, 15) is 9.59 Å². The predicted molar refractivity (Wildman–Crippen MR) is 66.2 cm³/mol. The van der Waals surface area contributed by atoms with Crippen molar-refractivity contribution in [3.63, 3.8) is 0 Å². The van der Waals surface area contributed by atoms with Crippen molar-refractivity contribution in [2.45, 2.75) is 24.6 Å². The lowest BCUT2D eigenvalue weighted by atomic mass is 10.0. The van der Waals surface area contributed by atoms with Gasteiger partial charge in [-0.3, -0.25) is 9.78 Å². The lowest BCUT2D eigenvalue weighted by Gasteiger charge is -2.26. The summed E-state index contributed by atoms with van der Waals surface area (Å²) < 4.78 is -0.857. The van der Waals surface area contributed by atoms with Gasteiger partial charge in [0.05, 0.1) is 5.56 Å². The van der Waals surface area contributed by atoms with E-state index >= 15 is 0 Å². The Balaban J connectivity index is 2.83. The fourth-order valence-corrected chi connectivity index (χ4v) is 1.43. The summed E-state index contributed by atoms with van der Waals surface area (Å²) in [5.74, 6) is -1.60. The van der Waals surface area contributed by atoms with Crippen LogP contribution in [-0.4, -0.2) is 32.8 Å². The number of hydrogen-bond donors (Lipinski definition) is 3. The number of aliphatic carboxylic acids is 1. The smallest absolute Gasteiger partial charge is 0.327 e. The van der Waals surface area contributed by atoms with Crippen molar-refractivity contribution in [1.29, 1.82) is 0 Å². The number of hydrogen-bond acceptors (Lipinski definition) is 4. The van der Waals surface area contributed by atoms with Crippen LogP contribution in [0.2, 0.25) is 0 Å². The largest absolute Gasteiger partial charge is 0.480 e. The summed E-state index contributed by atoms with van der Waals surface area (Å²) in [6.07, 6.45) is 2.91. The van der Waals surface area contributed by atoms with Gasteiger partial charge in [-0.2, -0.15) is 12.6 Å². The molecule has 0 saturated heterocycles. The van der Waals surface area contributed by atoms with Crippen LogP contribution in [0.3, 0.4) is 0 Å². The highest BCUT2D eigenvalue weighted by Gasteiger charge is 2.33. The molecule has 17 heavy (non-hydrogen) atoms. The first-order chi connectivity index (χ1) is 7.82. The molecule has 2 N–H and O–H groups in total. The lowest BCUT2D eigenvalue weighted by Crippen LogP contribution is -2.51. The van der Waals surface area contributed by atoms with Gasteiger partial charge in [0.15, 0.2) is 0 Å². The molecule has 1 aromatic heterocycles. The molecule has 1 unspecified atom stereocenters. The van der Waals surface area contributed by atoms with Crippen molar-refractivity contribution < 1.29 is 14.7 Å². The summed E-state index contributed by atoms with van der Waals surface area (Å²) in [7, 11) is 0. The number of nitrogens with one attached hydrogen (secondary N) is 1. The van der Waals surface area contributed by atoms with Crippen LogP contribution in [0.1, 0.15) is 24.2 Å². The van der Waals surface area contributed by atoms with E-state index in [1.807, 2.05) is 0 Å². The van der Waals surface area contributed by atoms with Crippen LogP contribution >= 0.6 is 12.6 Å². The molecule has 0 radical (unpaired) electrons. The molecule has 0 aliphatic heterocycles. The van der Waals surface area contributed by atoms with E-state index in [0.717, 1.165) is 0 Å². The van der Waals surface area contributed by atoms with E-state index in [2.05, 4.69) is 22.9 Å². The first-order valence-electron chi connectivity index (χ1n) is 4.98. The van der Waals surface area contributed by atoms with Crippen molar-refractivity contribution in [3.8, 4) is 0 Å². The Morgan fingerprint density at radius 3 is 2.59 bits per heavy atom. The molecule has 0 saturated carbocycles. The topological polar surface area (TPSA) is 79.3 Å². The van der Waals surface area contributed by atoms with Gasteiger partial charge >= 0.3 is 5.97 Å². The van der Waals surface area contributed by atoms with Gasteiger partial charge in [-0.25, -0.2) is 4.79 Å². The van der Waals surface area contributed by atoms with Gasteiger partial charge in [-0.1, -0.05) is 0 Å². The van der Waals surface area contributed by atoms with Gasteiger partial charge in [0.1, 0.15) is 6.04 Å². The quantitative estimate of drug-likeness (QED) is 0.700. The summed E-state index contributed by atoms with van der Waals surface area (Å²) in [6, 6.07) is 2.10. The van der Waals surface area contributed by atoms with Crippen molar-refractivity contribution in [1.82, 2.24) is 10.3 Å². The molecule has 0 bridgehead atoms. The Bertz CT molecular complexity index is 414. The number of rotatable bonds is 4. The first kappa shape index (κ1) is 13.5. The van der Waals surface area contributed by atoms with Gasteiger partial charge in [-0.15, -0.1) is 0 Å². The molecule has 0 aliphatic carbocycles. The van der Waals surface area contributed by atoms with Crippen molar-refractivity contribution in [2.24, 2.45) is 0 Å². The van der Waals surface area contributed by atoms with Crippen LogP contribution in [0, 0.1) is 0 Å². The van der Waals surface area contributed by atoms with E-state index in [1.165, 1.54) is 12.4 Å². The predicted octanol–water partition coefficient (Wildman–Crippen LogP) is 0.973. The summed E-state index contributed by atoms with van der Waals surface area (Å²) in [6.45, 7) is 3.25. The number of aromatic nitrogens is 1. The van der Waals surface area contributed by atoms with Crippen LogP contribution in [0.15, 0.2) is 24.5 Å². The summed E-state index contributed by atoms with van der Waals surface area (Å²) >= 11 is 4.16. The molecule has 0 fully saturated rings. The highest BCUT2D eigenvalue weighted by Crippen LogP contribution is 2.18. The SMILES string of the molecule is CC(C)(S)C(NC(=O)c1cccnc1)C(=O)O. The minimum atomic E-state index is -1.12. The zero-order chi connectivity index (χ0) is 13.1. The molecule has 0 aliphatic rings. The molecule has 0 aromatic carbocycles. The number of nitrogens with zero attached hydrogens (tertiary/aromatic N) is 1. The van der Waals surface area contributed by atoms with E-state index in [4.69, 9.17) is 5.11 Å². The summed E-state index contributed by atoms with van der Waals surface area (Å²) in [5.41, 5.74) is 0.316. The summed E-state index contributed by atoms with van der Waals surface area (Å²) in [5, 5.41) is 11.4. The van der Waals surface area contributed by atoms with E-state index in [0.29, 0.717) is 5.56 Å². The maximum Gasteiger partial charge on any atom is 0.327 e. The Morgan fingerprint density at radius 1 is 1.53 bits per heavy atom. The number of amides is 1.